The molecule has 1 atom stereocenters. The van der Waals surface area contributed by atoms with Crippen LogP contribution in [0.5, 0.6) is 5.75 Å². The number of rotatable bonds is 8. The molecule has 10 heteroatoms. The SMILES string of the molecule is OCc1nnc(-c2cc3c(OC[C@@H](O)CN4CCC(c5ccc(Cl)c(Cl)c5)CC4)cccc3o2)o1. The van der Waals surface area contributed by atoms with Crippen LogP contribution < -0.4 is 4.74 Å². The van der Waals surface area contributed by atoms with Gasteiger partial charge in [0.2, 0.25) is 5.89 Å². The van der Waals surface area contributed by atoms with E-state index in [0.29, 0.717) is 39.6 Å². The van der Waals surface area contributed by atoms with Crippen molar-refractivity contribution < 1.29 is 23.8 Å². The Morgan fingerprint density at radius 1 is 1.06 bits per heavy atom. The first-order valence-corrected chi connectivity index (χ1v) is 12.2. The number of hydrogen-bond donors (Lipinski definition) is 2. The third-order valence-electron chi connectivity index (χ3n) is 6.24. The fraction of sp³-hybridized carbons (Fsp3) is 0.360. The Kier molecular flexibility index (Phi) is 7.27. The molecule has 0 amide bonds. The van der Waals surface area contributed by atoms with Crippen molar-refractivity contribution in [3.05, 3.63) is 64.0 Å². The van der Waals surface area contributed by atoms with Crippen molar-refractivity contribution in [3.8, 4) is 17.4 Å². The maximum Gasteiger partial charge on any atom is 0.283 e. The number of piperidine rings is 1. The number of ether oxygens (including phenoxy) is 1. The van der Waals surface area contributed by atoms with Gasteiger partial charge in [0, 0.05) is 12.6 Å². The summed E-state index contributed by atoms with van der Waals surface area (Å²) >= 11 is 12.2. The molecule has 3 heterocycles. The van der Waals surface area contributed by atoms with E-state index < -0.39 is 6.10 Å². The number of benzene rings is 2. The van der Waals surface area contributed by atoms with E-state index in [-0.39, 0.29) is 25.0 Å². The number of likely N-dealkylation sites (tertiary alicyclic amines) is 1. The zero-order valence-corrected chi connectivity index (χ0v) is 20.4. The molecule has 0 spiro atoms. The molecule has 184 valence electrons. The molecule has 1 aliphatic rings. The predicted octanol–water partition coefficient (Wildman–Crippen LogP) is 4.90. The van der Waals surface area contributed by atoms with Crippen molar-refractivity contribution in [1.29, 1.82) is 0 Å². The molecule has 0 bridgehead atoms. The molecule has 0 radical (unpaired) electrons. The number of fused-ring (bicyclic) bond motifs is 1. The molecule has 1 saturated heterocycles. The van der Waals surface area contributed by atoms with Crippen molar-refractivity contribution >= 4 is 34.2 Å². The fourth-order valence-corrected chi connectivity index (χ4v) is 4.74. The van der Waals surface area contributed by atoms with Gasteiger partial charge in [0.05, 0.1) is 15.4 Å². The molecule has 1 aliphatic heterocycles. The van der Waals surface area contributed by atoms with Crippen LogP contribution in [0.15, 0.2) is 51.3 Å². The quantitative estimate of drug-likeness (QED) is 0.340. The minimum atomic E-state index is -0.638. The Hall–Kier alpha value is -2.62. The summed E-state index contributed by atoms with van der Waals surface area (Å²) in [5.74, 6) is 1.71. The predicted molar refractivity (Wildman–Crippen MR) is 132 cm³/mol. The molecule has 5 rings (SSSR count). The first kappa shape index (κ1) is 24.1. The lowest BCUT2D eigenvalue weighted by Gasteiger charge is -2.33. The van der Waals surface area contributed by atoms with Gasteiger partial charge in [-0.1, -0.05) is 35.3 Å². The molecule has 2 N–H and O–H groups in total. The molecule has 8 nitrogen and oxygen atoms in total. The third-order valence-corrected chi connectivity index (χ3v) is 6.98. The van der Waals surface area contributed by atoms with E-state index in [4.69, 9.17) is 41.9 Å². The number of aromatic nitrogens is 2. The Morgan fingerprint density at radius 3 is 2.63 bits per heavy atom. The van der Waals surface area contributed by atoms with Crippen LogP contribution in [-0.2, 0) is 6.61 Å². The summed E-state index contributed by atoms with van der Waals surface area (Å²) in [6.07, 6.45) is 1.35. The third kappa shape index (κ3) is 5.47. The van der Waals surface area contributed by atoms with Crippen molar-refractivity contribution in [2.45, 2.75) is 31.5 Å². The fourth-order valence-electron chi connectivity index (χ4n) is 4.43. The molecular weight excluding hydrogens is 493 g/mol. The van der Waals surface area contributed by atoms with Crippen LogP contribution >= 0.6 is 23.2 Å². The summed E-state index contributed by atoms with van der Waals surface area (Å²) < 4.78 is 17.1. The second-order valence-electron chi connectivity index (χ2n) is 8.65. The van der Waals surface area contributed by atoms with E-state index in [1.807, 2.05) is 36.4 Å². The lowest BCUT2D eigenvalue weighted by Crippen LogP contribution is -2.40. The number of nitrogens with zero attached hydrogens (tertiary/aromatic N) is 3. The summed E-state index contributed by atoms with van der Waals surface area (Å²) in [7, 11) is 0. The highest BCUT2D eigenvalue weighted by Gasteiger charge is 2.23. The second-order valence-corrected chi connectivity index (χ2v) is 9.47. The number of hydrogen-bond acceptors (Lipinski definition) is 8. The lowest BCUT2D eigenvalue weighted by atomic mass is 9.89. The molecule has 1 fully saturated rings. The summed E-state index contributed by atoms with van der Waals surface area (Å²) in [6, 6.07) is 13.1. The second kappa shape index (κ2) is 10.6. The molecule has 0 saturated carbocycles. The van der Waals surface area contributed by atoms with Gasteiger partial charge in [-0.05, 0) is 61.7 Å². The number of furan rings is 1. The summed E-state index contributed by atoms with van der Waals surface area (Å²) in [5, 5.41) is 29.3. The van der Waals surface area contributed by atoms with E-state index in [0.717, 1.165) is 31.3 Å². The van der Waals surface area contributed by atoms with Gasteiger partial charge in [-0.25, -0.2) is 0 Å². The molecule has 2 aromatic carbocycles. The lowest BCUT2D eigenvalue weighted by molar-refractivity contribution is 0.0599. The summed E-state index contributed by atoms with van der Waals surface area (Å²) in [5.41, 5.74) is 1.81. The Bertz CT molecular complexity index is 1300. The van der Waals surface area contributed by atoms with E-state index in [2.05, 4.69) is 15.1 Å². The Labute approximate surface area is 212 Å². The molecule has 35 heavy (non-hydrogen) atoms. The molecular formula is C25H25Cl2N3O5. The monoisotopic (exact) mass is 517 g/mol. The van der Waals surface area contributed by atoms with E-state index in [1.165, 1.54) is 5.56 Å². The molecule has 2 aromatic heterocycles. The smallest absolute Gasteiger partial charge is 0.283 e. The highest BCUT2D eigenvalue weighted by Crippen LogP contribution is 2.34. The van der Waals surface area contributed by atoms with Gasteiger partial charge in [0.1, 0.15) is 30.7 Å². The van der Waals surface area contributed by atoms with Crippen molar-refractivity contribution in [2.24, 2.45) is 0 Å². The maximum absolute atomic E-state index is 10.6. The minimum Gasteiger partial charge on any atom is -0.490 e. The summed E-state index contributed by atoms with van der Waals surface area (Å²) in [6.45, 7) is 2.13. The van der Waals surface area contributed by atoms with Gasteiger partial charge < -0.3 is 28.7 Å². The first-order valence-electron chi connectivity index (χ1n) is 11.4. The number of aliphatic hydroxyl groups is 2. The van der Waals surface area contributed by atoms with Crippen LogP contribution in [0.1, 0.15) is 30.2 Å². The Morgan fingerprint density at radius 2 is 1.89 bits per heavy atom. The first-order chi connectivity index (χ1) is 17.0. The minimum absolute atomic E-state index is 0.112. The van der Waals surface area contributed by atoms with Gasteiger partial charge in [-0.3, -0.25) is 0 Å². The molecule has 4 aromatic rings. The highest BCUT2D eigenvalue weighted by molar-refractivity contribution is 6.42. The van der Waals surface area contributed by atoms with Gasteiger partial charge in [-0.2, -0.15) is 0 Å². The van der Waals surface area contributed by atoms with Crippen molar-refractivity contribution in [3.63, 3.8) is 0 Å². The van der Waals surface area contributed by atoms with E-state index >= 15 is 0 Å². The van der Waals surface area contributed by atoms with Gasteiger partial charge in [0.15, 0.2) is 5.76 Å². The van der Waals surface area contributed by atoms with Gasteiger partial charge >= 0.3 is 0 Å². The average molecular weight is 518 g/mol. The zero-order valence-electron chi connectivity index (χ0n) is 18.9. The van der Waals surface area contributed by atoms with Crippen LogP contribution in [0.3, 0.4) is 0 Å². The Balaban J connectivity index is 1.16. The molecule has 0 unspecified atom stereocenters. The van der Waals surface area contributed by atoms with Crippen LogP contribution in [0.2, 0.25) is 10.0 Å². The van der Waals surface area contributed by atoms with Gasteiger partial charge in [-0.15, -0.1) is 10.2 Å². The van der Waals surface area contributed by atoms with Crippen molar-refractivity contribution in [1.82, 2.24) is 15.1 Å². The van der Waals surface area contributed by atoms with Crippen LogP contribution in [0, 0.1) is 0 Å². The van der Waals surface area contributed by atoms with E-state index in [1.54, 1.807) is 6.07 Å². The normalized spacial score (nSPS) is 16.1. The van der Waals surface area contributed by atoms with Crippen LogP contribution in [-0.4, -0.2) is 57.7 Å². The molecule has 0 aliphatic carbocycles. The maximum atomic E-state index is 10.6. The number of β-amino-alcohol motifs (C(OH)–C–C–N with tert-alkyl or cyclic N) is 1. The van der Waals surface area contributed by atoms with Crippen LogP contribution in [0.4, 0.5) is 0 Å². The average Bonchev–Trinajstić information content (AvgIpc) is 3.52. The highest BCUT2D eigenvalue weighted by atomic mass is 35.5. The largest absolute Gasteiger partial charge is 0.490 e. The van der Waals surface area contributed by atoms with Crippen molar-refractivity contribution in [2.75, 3.05) is 26.2 Å². The van der Waals surface area contributed by atoms with E-state index in [9.17, 15) is 5.11 Å². The van der Waals surface area contributed by atoms with Crippen LogP contribution in [0.25, 0.3) is 22.6 Å². The zero-order chi connectivity index (χ0) is 24.4. The van der Waals surface area contributed by atoms with Gasteiger partial charge in [0.25, 0.3) is 5.89 Å². The summed E-state index contributed by atoms with van der Waals surface area (Å²) in [4.78, 5) is 2.26. The number of aliphatic hydroxyl groups excluding tert-OH is 2. The topological polar surface area (TPSA) is 105 Å². The standard InChI is InChI=1S/C25H25Cl2N3O5/c26-19-5-4-16(10-20(19)27)15-6-8-30(9-7-15)12-17(32)14-33-21-2-1-3-22-18(21)11-23(34-22)25-29-28-24(13-31)35-25/h1-5,10-11,15,17,31-32H,6-9,12-14H2/t17-/m0/s1. The number of halogens is 2.